The maximum absolute atomic E-state index is 11.9. The Morgan fingerprint density at radius 2 is 1.92 bits per heavy atom. The Labute approximate surface area is 66.1 Å². The van der Waals surface area contributed by atoms with Crippen molar-refractivity contribution in [3.63, 3.8) is 0 Å². The summed E-state index contributed by atoms with van der Waals surface area (Å²) in [7, 11) is 0. The zero-order valence-corrected chi connectivity index (χ0v) is 6.01. The molecule has 74 valence electrons. The lowest BCUT2D eigenvalue weighted by atomic mass is 10.4. The van der Waals surface area contributed by atoms with Crippen molar-refractivity contribution < 1.29 is 27.4 Å². The molecule has 1 atom stereocenters. The summed E-state index contributed by atoms with van der Waals surface area (Å²) < 4.78 is 50.0. The lowest BCUT2D eigenvalue weighted by Gasteiger charge is -2.17. The van der Waals surface area contributed by atoms with Crippen molar-refractivity contribution in [3.05, 3.63) is 0 Å². The average molecular weight is 191 g/mol. The molecule has 0 bridgehead atoms. The largest absolute Gasteiger partial charge is 0.416 e. The predicted octanol–water partition coefficient (Wildman–Crippen LogP) is 0.181. The van der Waals surface area contributed by atoms with Gasteiger partial charge in [0, 0.05) is 6.54 Å². The van der Waals surface area contributed by atoms with Gasteiger partial charge in [0.1, 0.15) is 0 Å². The Kier molecular flexibility index (Phi) is 4.43. The highest BCUT2D eigenvalue weighted by atomic mass is 19.3. The number of ether oxygens (including phenoxy) is 1. The number of alkyl halides is 4. The van der Waals surface area contributed by atoms with Gasteiger partial charge in [-0.15, -0.1) is 0 Å². The quantitative estimate of drug-likeness (QED) is 0.609. The first-order valence-electron chi connectivity index (χ1n) is 3.08. The van der Waals surface area contributed by atoms with Crippen LogP contribution in [0.15, 0.2) is 0 Å². The summed E-state index contributed by atoms with van der Waals surface area (Å²) in [5.74, 6) is 0. The van der Waals surface area contributed by atoms with Crippen LogP contribution >= 0.6 is 0 Å². The van der Waals surface area contributed by atoms with E-state index in [1.165, 1.54) is 0 Å². The molecule has 0 amide bonds. The Morgan fingerprint density at radius 1 is 1.42 bits per heavy atom. The van der Waals surface area contributed by atoms with Crippen LogP contribution in [0.5, 0.6) is 0 Å². The minimum Gasteiger partial charge on any atom is -0.389 e. The van der Waals surface area contributed by atoms with Crippen molar-refractivity contribution >= 4 is 0 Å². The van der Waals surface area contributed by atoms with Crippen LogP contribution in [0, 0.1) is 0 Å². The molecule has 0 aromatic heterocycles. The molecule has 12 heavy (non-hydrogen) atoms. The van der Waals surface area contributed by atoms with Crippen molar-refractivity contribution in [3.8, 4) is 0 Å². The Morgan fingerprint density at radius 3 is 2.25 bits per heavy atom. The monoisotopic (exact) mass is 191 g/mol. The summed E-state index contributed by atoms with van der Waals surface area (Å²) in [6, 6.07) is 0. The number of aliphatic hydroxyl groups is 1. The van der Waals surface area contributed by atoms with Crippen LogP contribution in [0.2, 0.25) is 0 Å². The van der Waals surface area contributed by atoms with E-state index in [1.54, 1.807) is 0 Å². The molecule has 0 aliphatic heterocycles. The molecule has 7 heteroatoms. The summed E-state index contributed by atoms with van der Waals surface area (Å²) in [4.78, 5) is 0. The number of aliphatic hydroxyl groups excluding tert-OH is 1. The second-order valence-electron chi connectivity index (χ2n) is 2.06. The highest BCUT2D eigenvalue weighted by Gasteiger charge is 2.42. The number of rotatable bonds is 5. The zero-order chi connectivity index (χ0) is 9.78. The van der Waals surface area contributed by atoms with Gasteiger partial charge in [-0.2, -0.15) is 8.78 Å². The minimum absolute atomic E-state index is 0.320. The molecular formula is C5H9F4NO2. The molecule has 0 fully saturated rings. The van der Waals surface area contributed by atoms with Crippen LogP contribution in [0.3, 0.4) is 0 Å². The van der Waals surface area contributed by atoms with Gasteiger partial charge < -0.3 is 15.6 Å². The molecule has 0 radical (unpaired) electrons. The molecule has 0 aliphatic rings. The summed E-state index contributed by atoms with van der Waals surface area (Å²) in [6.45, 7) is -1.23. The van der Waals surface area contributed by atoms with Crippen LogP contribution < -0.4 is 5.73 Å². The van der Waals surface area contributed by atoms with Gasteiger partial charge in [0.25, 0.3) is 0 Å². The second-order valence-corrected chi connectivity index (χ2v) is 2.06. The third kappa shape index (κ3) is 3.84. The first kappa shape index (κ1) is 11.6. The molecule has 0 aromatic rings. The fourth-order valence-corrected chi connectivity index (χ4v) is 0.338. The van der Waals surface area contributed by atoms with Crippen molar-refractivity contribution in [2.75, 3.05) is 13.2 Å². The van der Waals surface area contributed by atoms with Gasteiger partial charge in [0.15, 0.2) is 0 Å². The van der Waals surface area contributed by atoms with Crippen LogP contribution in [0.4, 0.5) is 17.6 Å². The number of hydrogen-bond donors (Lipinski definition) is 2. The average Bonchev–Trinajstić information content (AvgIpc) is 2.00. The van der Waals surface area contributed by atoms with E-state index in [2.05, 4.69) is 4.74 Å². The van der Waals surface area contributed by atoms with Gasteiger partial charge in [0.05, 0.1) is 12.7 Å². The molecule has 0 spiro atoms. The molecule has 0 aromatic carbocycles. The van der Waals surface area contributed by atoms with Crippen LogP contribution in [-0.4, -0.2) is 36.9 Å². The van der Waals surface area contributed by atoms with Gasteiger partial charge >= 0.3 is 12.5 Å². The molecule has 0 saturated heterocycles. The van der Waals surface area contributed by atoms with E-state index in [4.69, 9.17) is 10.8 Å². The van der Waals surface area contributed by atoms with Crippen molar-refractivity contribution in [1.29, 1.82) is 0 Å². The summed E-state index contributed by atoms with van der Waals surface area (Å²) in [5.41, 5.74) is 4.82. The predicted molar refractivity (Wildman–Crippen MR) is 32.0 cm³/mol. The Balaban J connectivity index is 3.75. The van der Waals surface area contributed by atoms with E-state index < -0.39 is 25.2 Å². The molecule has 0 saturated carbocycles. The summed E-state index contributed by atoms with van der Waals surface area (Å²) >= 11 is 0. The fraction of sp³-hybridized carbons (Fsp3) is 1.00. The molecule has 0 unspecified atom stereocenters. The second kappa shape index (κ2) is 4.58. The van der Waals surface area contributed by atoms with E-state index in [1.807, 2.05) is 0 Å². The van der Waals surface area contributed by atoms with Crippen molar-refractivity contribution in [2.24, 2.45) is 5.73 Å². The summed E-state index contributed by atoms with van der Waals surface area (Å²) in [5, 5.41) is 8.57. The van der Waals surface area contributed by atoms with Gasteiger partial charge in [-0.25, -0.2) is 8.78 Å². The van der Waals surface area contributed by atoms with Crippen LogP contribution in [0.25, 0.3) is 0 Å². The highest BCUT2D eigenvalue weighted by molar-refractivity contribution is 4.59. The Bertz CT molecular complexity index is 133. The Hall–Kier alpha value is -0.400. The summed E-state index contributed by atoms with van der Waals surface area (Å²) in [6.07, 6.45) is -9.77. The first-order chi connectivity index (χ1) is 5.40. The lowest BCUT2D eigenvalue weighted by molar-refractivity contribution is -0.306. The van der Waals surface area contributed by atoms with Gasteiger partial charge in [-0.1, -0.05) is 0 Å². The van der Waals surface area contributed by atoms with Crippen molar-refractivity contribution in [1.82, 2.24) is 0 Å². The molecule has 3 nitrogen and oxygen atoms in total. The minimum atomic E-state index is -4.52. The highest BCUT2D eigenvalue weighted by Crippen LogP contribution is 2.23. The van der Waals surface area contributed by atoms with E-state index >= 15 is 0 Å². The standard InChI is InChI=1S/C5H9F4NO2/c6-4(7)5(8,9)12-2-3(11)1-10/h3-4,11H,1-2,10H2/t3-/m1/s1. The molecule has 0 heterocycles. The topological polar surface area (TPSA) is 55.5 Å². The van der Waals surface area contributed by atoms with Crippen LogP contribution in [-0.2, 0) is 4.74 Å². The first-order valence-corrected chi connectivity index (χ1v) is 3.08. The molecule has 0 rings (SSSR count). The van der Waals surface area contributed by atoms with Gasteiger partial charge in [-0.3, -0.25) is 0 Å². The number of hydrogen-bond acceptors (Lipinski definition) is 3. The van der Waals surface area contributed by atoms with E-state index in [-0.39, 0.29) is 6.54 Å². The van der Waals surface area contributed by atoms with E-state index in [0.29, 0.717) is 0 Å². The third-order valence-corrected chi connectivity index (χ3v) is 0.994. The molecule has 0 aliphatic carbocycles. The normalized spacial score (nSPS) is 15.2. The third-order valence-electron chi connectivity index (χ3n) is 0.994. The van der Waals surface area contributed by atoms with Crippen molar-refractivity contribution in [2.45, 2.75) is 18.6 Å². The molecule has 3 N–H and O–H groups in total. The zero-order valence-electron chi connectivity index (χ0n) is 6.01. The van der Waals surface area contributed by atoms with E-state index in [9.17, 15) is 17.6 Å². The SMILES string of the molecule is NC[C@@H](O)COC(F)(F)C(F)F. The lowest BCUT2D eigenvalue weighted by Crippen LogP contribution is -2.35. The maximum Gasteiger partial charge on any atom is 0.416 e. The fourth-order valence-electron chi connectivity index (χ4n) is 0.338. The maximum atomic E-state index is 11.9. The van der Waals surface area contributed by atoms with Gasteiger partial charge in [0.2, 0.25) is 0 Å². The van der Waals surface area contributed by atoms with E-state index in [0.717, 1.165) is 0 Å². The smallest absolute Gasteiger partial charge is 0.389 e. The molecular weight excluding hydrogens is 182 g/mol. The van der Waals surface area contributed by atoms with Crippen LogP contribution in [0.1, 0.15) is 0 Å². The number of halogens is 4. The van der Waals surface area contributed by atoms with Gasteiger partial charge in [-0.05, 0) is 0 Å². The number of nitrogens with two attached hydrogens (primary N) is 1.